The van der Waals surface area contributed by atoms with Crippen molar-refractivity contribution in [2.75, 3.05) is 14.2 Å². The Bertz CT molecular complexity index is 3160. The Morgan fingerprint density at radius 3 is 0.814 bits per heavy atom. The average molecular weight is 1160 g/mol. The van der Waals surface area contributed by atoms with Gasteiger partial charge in [0.25, 0.3) is 0 Å². The monoisotopic (exact) mass is 1160 g/mol. The first kappa shape index (κ1) is 66.5. The van der Waals surface area contributed by atoms with E-state index in [9.17, 15) is 0 Å². The topological polar surface area (TPSA) is 41.7 Å². The van der Waals surface area contributed by atoms with Crippen molar-refractivity contribution in [1.82, 2.24) is 0 Å². The molecule has 0 saturated heterocycles. The molecule has 0 spiro atoms. The predicted octanol–water partition coefficient (Wildman–Crippen LogP) is 16.0. The van der Waals surface area contributed by atoms with Gasteiger partial charge in [-0.2, -0.15) is 0 Å². The summed E-state index contributed by atoms with van der Waals surface area (Å²) >= 11 is 0. The van der Waals surface area contributed by atoms with Gasteiger partial charge in [0.1, 0.15) is 14.2 Å². The molecule has 2 aromatic carbocycles. The van der Waals surface area contributed by atoms with E-state index in [4.69, 9.17) is 9.68 Å². The van der Waals surface area contributed by atoms with Crippen LogP contribution in [0.25, 0.3) is 0 Å². The molecular weight excluding hydrogens is 1050 g/mol. The van der Waals surface area contributed by atoms with Crippen LogP contribution in [0.15, 0.2) is 196 Å². The zero-order chi connectivity index (χ0) is 61.5. The predicted molar refractivity (Wildman–Crippen MR) is 350 cm³/mol. The quantitative estimate of drug-likeness (QED) is 0.0421. The summed E-state index contributed by atoms with van der Waals surface area (Å²) in [5.41, 5.74) is 14.1. The van der Waals surface area contributed by atoms with Gasteiger partial charge in [0.2, 0.25) is 24.8 Å². The van der Waals surface area contributed by atoms with Crippen molar-refractivity contribution in [2.45, 2.75) is 220 Å². The third-order valence-corrected chi connectivity index (χ3v) is 18.8. The van der Waals surface area contributed by atoms with E-state index in [2.05, 4.69) is 272 Å². The molecule has 0 N–H and O–H groups in total. The smallest absolute Gasteiger partial charge is 0.275 e. The lowest BCUT2D eigenvalue weighted by molar-refractivity contribution is -0.913. The minimum atomic E-state index is 0.406. The first-order valence-corrected chi connectivity index (χ1v) is 32.8. The minimum Gasteiger partial charge on any atom is -0.275 e. The van der Waals surface area contributed by atoms with Crippen LogP contribution in [-0.2, 0) is 13.3 Å². The summed E-state index contributed by atoms with van der Waals surface area (Å²) in [4.78, 5) is 10.6. The van der Waals surface area contributed by atoms with Crippen LogP contribution in [0.3, 0.4) is 0 Å². The molecule has 8 heteroatoms. The molecule has 86 heavy (non-hydrogen) atoms. The van der Waals surface area contributed by atoms with Gasteiger partial charge < -0.3 is 0 Å². The summed E-state index contributed by atoms with van der Waals surface area (Å²) in [6, 6.07) is 46.2. The van der Waals surface area contributed by atoms with E-state index in [-0.39, 0.29) is 0 Å². The summed E-state index contributed by atoms with van der Waals surface area (Å²) in [6.45, 7) is 29.4. The Balaban J connectivity index is 0.000000264. The molecular formula is C78H108N6O2+6. The van der Waals surface area contributed by atoms with Crippen LogP contribution in [0.4, 0.5) is 0 Å². The third kappa shape index (κ3) is 19.5. The summed E-state index contributed by atoms with van der Waals surface area (Å²) in [7, 11) is 3.37. The van der Waals surface area contributed by atoms with Gasteiger partial charge in [-0.15, -0.1) is 18.3 Å². The second-order valence-corrected chi connectivity index (χ2v) is 25.7. The Kier molecular flexibility index (Phi) is 26.1. The summed E-state index contributed by atoms with van der Waals surface area (Å²) in [6.07, 6.45) is 37.9. The molecule has 0 aliphatic carbocycles. The van der Waals surface area contributed by atoms with Crippen LogP contribution in [0.2, 0.25) is 0 Å². The van der Waals surface area contributed by atoms with Crippen LogP contribution in [-0.4, -0.2) is 14.2 Å². The number of rotatable bonds is 30. The van der Waals surface area contributed by atoms with Gasteiger partial charge in [0, 0.05) is 82.3 Å². The van der Waals surface area contributed by atoms with Crippen molar-refractivity contribution in [3.63, 3.8) is 0 Å². The van der Waals surface area contributed by atoms with E-state index in [1.807, 2.05) is 24.8 Å². The Morgan fingerprint density at radius 1 is 0.279 bits per heavy atom. The number of hydrogen-bond acceptors (Lipinski definition) is 2. The molecule has 456 valence electrons. The van der Waals surface area contributed by atoms with Gasteiger partial charge in [0.15, 0.2) is 49.6 Å². The SMILES string of the molecule is CCCCC(C)c1ccc(C(CCC(C)c2cc[n+](C[n+]3ccc(C(C)C)cc3)cc2)C(C)c2cc[n+](C[n+]3ccc(C(C)C)cc3)cc2)cc1.CCCCC(C)c1ccc(C(CCC(C)c2cc[n+](OC)cc2)C(C)c2cc[n+](OC)cc2)cc1. The largest absolute Gasteiger partial charge is 0.343 e. The average Bonchev–Trinajstić information content (AvgIpc) is 3.30. The molecule has 8 unspecified atom stereocenters. The summed E-state index contributed by atoms with van der Waals surface area (Å²) < 4.78 is 12.5. The van der Waals surface area contributed by atoms with E-state index in [0.717, 1.165) is 39.0 Å². The number of aromatic nitrogens is 6. The highest BCUT2D eigenvalue weighted by Gasteiger charge is 2.26. The highest BCUT2D eigenvalue weighted by atomic mass is 16.6. The molecule has 0 bridgehead atoms. The van der Waals surface area contributed by atoms with Gasteiger partial charge in [-0.3, -0.25) is 9.68 Å². The van der Waals surface area contributed by atoms with Crippen LogP contribution in [0.5, 0.6) is 0 Å². The number of benzene rings is 2. The molecule has 0 saturated carbocycles. The number of nitrogens with zero attached hydrogens (tertiary/aromatic N) is 6. The number of pyridine rings is 6. The lowest BCUT2D eigenvalue weighted by Gasteiger charge is -2.26. The van der Waals surface area contributed by atoms with Crippen LogP contribution < -0.4 is 37.4 Å². The van der Waals surface area contributed by atoms with E-state index < -0.39 is 0 Å². The van der Waals surface area contributed by atoms with Crippen molar-refractivity contribution in [3.05, 3.63) is 251 Å². The van der Waals surface area contributed by atoms with Gasteiger partial charge in [-0.05, 0) is 153 Å². The second kappa shape index (κ2) is 33.7. The van der Waals surface area contributed by atoms with Gasteiger partial charge in [-0.1, -0.05) is 157 Å². The third-order valence-electron chi connectivity index (χ3n) is 18.8. The highest BCUT2D eigenvalue weighted by Crippen LogP contribution is 2.41. The first-order chi connectivity index (χ1) is 41.6. The Morgan fingerprint density at radius 2 is 0.523 bits per heavy atom. The summed E-state index contributed by atoms with van der Waals surface area (Å²) in [5, 5.41) is 0. The van der Waals surface area contributed by atoms with Crippen molar-refractivity contribution < 1.29 is 37.4 Å². The van der Waals surface area contributed by atoms with Gasteiger partial charge >= 0.3 is 13.3 Å². The lowest BCUT2D eigenvalue weighted by Crippen LogP contribution is -2.50. The minimum absolute atomic E-state index is 0.406. The molecule has 6 heterocycles. The van der Waals surface area contributed by atoms with Crippen molar-refractivity contribution in [2.24, 2.45) is 0 Å². The fraction of sp³-hybridized carbons (Fsp3) is 0.462. The molecule has 0 radical (unpaired) electrons. The fourth-order valence-corrected chi connectivity index (χ4v) is 12.3. The van der Waals surface area contributed by atoms with Crippen molar-refractivity contribution in [1.29, 1.82) is 0 Å². The molecule has 8 aromatic rings. The lowest BCUT2D eigenvalue weighted by atomic mass is 9.78. The molecule has 0 aliphatic rings. The Hall–Kier alpha value is -7.06. The molecule has 8 nitrogen and oxygen atoms in total. The number of unbranched alkanes of at least 4 members (excludes halogenated alkanes) is 2. The standard InChI is InChI=1S/C47H64N4.C31H44N2O2/c1-9-10-11-38(6)43-13-15-46(16-14-43)47(40(8)45-24-32-51(33-25-45)35-49-28-20-42(21-29-49)37(4)5)17-12-39(7)44-22-30-50(31-23-44)34-48-26-18-41(19-27-48)36(2)3;1-7-8-9-24(2)27-11-13-30(14-12-27)31(26(4)29-18-22-33(35-6)23-19-29)15-10-25(3)28-16-20-32(34-5)21-17-28/h13-16,18-33,36-40,47H,9-12,17,34-35H2,1-8H3;11-14,16-26,31H,7-10,15H2,1-6H3/q+4;+2. The van der Waals surface area contributed by atoms with Crippen LogP contribution in [0.1, 0.15) is 262 Å². The van der Waals surface area contributed by atoms with E-state index >= 15 is 0 Å². The molecule has 6 aromatic heterocycles. The maximum atomic E-state index is 5.31. The molecule has 0 amide bonds. The van der Waals surface area contributed by atoms with Gasteiger partial charge in [-0.25, -0.2) is 0 Å². The zero-order valence-electron chi connectivity index (χ0n) is 55.2. The van der Waals surface area contributed by atoms with E-state index in [1.165, 1.54) is 94.2 Å². The zero-order valence-corrected chi connectivity index (χ0v) is 55.2. The van der Waals surface area contributed by atoms with Crippen LogP contribution in [0, 0.1) is 0 Å². The second-order valence-electron chi connectivity index (χ2n) is 25.7. The molecule has 0 aliphatic heterocycles. The van der Waals surface area contributed by atoms with E-state index in [1.54, 1.807) is 23.7 Å². The molecule has 8 rings (SSSR count). The normalized spacial score (nSPS) is 14.3. The highest BCUT2D eigenvalue weighted by molar-refractivity contribution is 5.33. The summed E-state index contributed by atoms with van der Waals surface area (Å²) in [5.74, 6) is 5.00. The van der Waals surface area contributed by atoms with Crippen molar-refractivity contribution >= 4 is 0 Å². The van der Waals surface area contributed by atoms with Crippen molar-refractivity contribution in [3.8, 4) is 0 Å². The molecule has 8 atom stereocenters. The van der Waals surface area contributed by atoms with Gasteiger partial charge in [0.05, 0.1) is 0 Å². The maximum Gasteiger partial charge on any atom is 0.343 e. The maximum absolute atomic E-state index is 5.31. The van der Waals surface area contributed by atoms with E-state index in [0.29, 0.717) is 59.2 Å². The Labute approximate surface area is 520 Å². The van der Waals surface area contributed by atoms with Crippen LogP contribution >= 0.6 is 0 Å². The first-order valence-electron chi connectivity index (χ1n) is 32.8. The number of hydrogen-bond donors (Lipinski definition) is 0. The molecule has 0 fully saturated rings. The fourth-order valence-electron chi connectivity index (χ4n) is 12.3.